The van der Waals surface area contributed by atoms with Gasteiger partial charge in [0.25, 0.3) is 0 Å². The highest BCUT2D eigenvalue weighted by molar-refractivity contribution is 5.78. The van der Waals surface area contributed by atoms with Crippen molar-refractivity contribution in [3.05, 3.63) is 174 Å². The van der Waals surface area contributed by atoms with Crippen LogP contribution in [0.25, 0.3) is 5.57 Å². The Hall–Kier alpha value is -4.30. The van der Waals surface area contributed by atoms with E-state index in [4.69, 9.17) is 4.74 Å². The molecule has 2 aliphatic carbocycles. The van der Waals surface area contributed by atoms with E-state index in [1.165, 1.54) is 22.4 Å². The Balaban J connectivity index is 1.56. The van der Waals surface area contributed by atoms with Crippen molar-refractivity contribution in [1.82, 2.24) is 4.90 Å². The molecule has 2 nitrogen and oxygen atoms in total. The van der Waals surface area contributed by atoms with Crippen LogP contribution in [0.3, 0.4) is 0 Å². The molecule has 2 atom stereocenters. The van der Waals surface area contributed by atoms with Crippen molar-refractivity contribution in [2.24, 2.45) is 11.8 Å². The third-order valence-corrected chi connectivity index (χ3v) is 7.95. The number of ether oxygens (including phenoxy) is 1. The summed E-state index contributed by atoms with van der Waals surface area (Å²) in [6.07, 6.45) is 35.6. The van der Waals surface area contributed by atoms with Gasteiger partial charge in [-0.2, -0.15) is 0 Å². The van der Waals surface area contributed by atoms with Gasteiger partial charge in [0, 0.05) is 35.0 Å². The number of allylic oxidation sites excluding steroid dienone is 18. The molecule has 3 aliphatic rings. The zero-order chi connectivity index (χ0) is 29.7. The second-order valence-electron chi connectivity index (χ2n) is 10.7. The largest absolute Gasteiger partial charge is 0.489 e. The van der Waals surface area contributed by atoms with Crippen molar-refractivity contribution in [1.29, 1.82) is 0 Å². The molecule has 0 saturated heterocycles. The molecule has 216 valence electrons. The van der Waals surface area contributed by atoms with E-state index in [1.54, 1.807) is 0 Å². The molecule has 0 radical (unpaired) electrons. The molecule has 1 heterocycles. The maximum atomic E-state index is 6.12. The second-order valence-corrected chi connectivity index (χ2v) is 10.7. The molecule has 2 heteroatoms. The van der Waals surface area contributed by atoms with E-state index in [9.17, 15) is 0 Å². The van der Waals surface area contributed by atoms with Crippen LogP contribution in [0, 0.1) is 11.8 Å². The standard InChI is InChI=1S/C40H45NO/c1-6-17-35(8-3)41(38(18-7-2)36(9-4)33-20-13-10-14-21-33)29-28-32-24-26-34(27-25-32)37-22-16-23-39-40(37)31(5)19-12-11-15-30-42-39/h6-21,23-24,26-27,32,37H,4-5,22,25,28-30H2,1-3H3/b15-11-,17-6-,18-7-,19-12-,35-8+,38-36-. The minimum Gasteiger partial charge on any atom is -0.489 e. The van der Waals surface area contributed by atoms with Crippen molar-refractivity contribution in [3.63, 3.8) is 0 Å². The van der Waals surface area contributed by atoms with Gasteiger partial charge in [-0.25, -0.2) is 0 Å². The molecule has 0 bridgehead atoms. The highest BCUT2D eigenvalue weighted by Crippen LogP contribution is 2.39. The Bertz CT molecular complexity index is 1430. The molecule has 1 aliphatic heterocycles. The molecule has 0 saturated carbocycles. The van der Waals surface area contributed by atoms with E-state index < -0.39 is 0 Å². The zero-order valence-electron chi connectivity index (χ0n) is 25.5. The van der Waals surface area contributed by atoms with Gasteiger partial charge in [-0.1, -0.05) is 110 Å². The predicted octanol–water partition coefficient (Wildman–Crippen LogP) is 10.4. The molecule has 2 unspecified atom stereocenters. The van der Waals surface area contributed by atoms with Crippen molar-refractivity contribution in [3.8, 4) is 0 Å². The fourth-order valence-corrected chi connectivity index (χ4v) is 5.86. The quantitative estimate of drug-likeness (QED) is 0.266. The molecular formula is C40H45NO. The van der Waals surface area contributed by atoms with Crippen molar-refractivity contribution < 1.29 is 4.74 Å². The van der Waals surface area contributed by atoms with Gasteiger partial charge in [0.1, 0.15) is 12.4 Å². The normalized spacial score (nSPS) is 23.0. The molecule has 4 rings (SSSR count). The maximum absolute atomic E-state index is 6.12. The number of benzene rings is 1. The predicted molar refractivity (Wildman–Crippen MR) is 181 cm³/mol. The highest BCUT2D eigenvalue weighted by Gasteiger charge is 2.27. The second kappa shape index (κ2) is 15.6. The smallest absolute Gasteiger partial charge is 0.123 e. The molecule has 0 fully saturated rings. The van der Waals surface area contributed by atoms with Gasteiger partial charge in [-0.3, -0.25) is 0 Å². The summed E-state index contributed by atoms with van der Waals surface area (Å²) in [7, 11) is 0. The minimum atomic E-state index is 0.267. The van der Waals surface area contributed by atoms with Gasteiger partial charge >= 0.3 is 0 Å². The summed E-state index contributed by atoms with van der Waals surface area (Å²) in [6.45, 7) is 16.3. The number of rotatable bonds is 10. The first kappa shape index (κ1) is 30.7. The summed E-state index contributed by atoms with van der Waals surface area (Å²) in [4.78, 5) is 2.44. The first-order valence-corrected chi connectivity index (χ1v) is 15.2. The van der Waals surface area contributed by atoms with Crippen molar-refractivity contribution >= 4 is 5.57 Å². The molecule has 42 heavy (non-hydrogen) atoms. The van der Waals surface area contributed by atoms with Gasteiger partial charge in [-0.15, -0.1) is 0 Å². The van der Waals surface area contributed by atoms with Crippen LogP contribution >= 0.6 is 0 Å². The van der Waals surface area contributed by atoms with Crippen LogP contribution in [0.1, 0.15) is 45.6 Å². The molecule has 0 spiro atoms. The average Bonchev–Trinajstić information content (AvgIpc) is 3.12. The number of hydrogen-bond acceptors (Lipinski definition) is 2. The summed E-state index contributed by atoms with van der Waals surface area (Å²) in [5.41, 5.74) is 8.25. The van der Waals surface area contributed by atoms with Gasteiger partial charge < -0.3 is 9.64 Å². The van der Waals surface area contributed by atoms with Crippen LogP contribution in [-0.2, 0) is 4.74 Å². The van der Waals surface area contributed by atoms with Crippen LogP contribution in [-0.4, -0.2) is 18.1 Å². The Morgan fingerprint density at radius 2 is 1.79 bits per heavy atom. The Kier molecular flexibility index (Phi) is 11.4. The molecule has 0 amide bonds. The Labute approximate surface area is 253 Å². The van der Waals surface area contributed by atoms with Gasteiger partial charge in [0.15, 0.2) is 0 Å². The van der Waals surface area contributed by atoms with Gasteiger partial charge in [0.2, 0.25) is 0 Å². The van der Waals surface area contributed by atoms with E-state index in [1.807, 2.05) is 18.2 Å². The van der Waals surface area contributed by atoms with E-state index in [2.05, 4.69) is 142 Å². The summed E-state index contributed by atoms with van der Waals surface area (Å²) >= 11 is 0. The molecule has 0 aromatic heterocycles. The highest BCUT2D eigenvalue weighted by atomic mass is 16.5. The van der Waals surface area contributed by atoms with E-state index in [-0.39, 0.29) is 5.92 Å². The van der Waals surface area contributed by atoms with E-state index >= 15 is 0 Å². The fraction of sp³-hybridized carbons (Fsp3) is 0.250. The van der Waals surface area contributed by atoms with E-state index in [0.717, 1.165) is 48.4 Å². The third-order valence-electron chi connectivity index (χ3n) is 7.95. The van der Waals surface area contributed by atoms with Crippen LogP contribution < -0.4 is 0 Å². The lowest BCUT2D eigenvalue weighted by Gasteiger charge is -2.31. The van der Waals surface area contributed by atoms with E-state index in [0.29, 0.717) is 12.5 Å². The van der Waals surface area contributed by atoms with Crippen LogP contribution in [0.2, 0.25) is 0 Å². The summed E-state index contributed by atoms with van der Waals surface area (Å²) < 4.78 is 6.12. The Morgan fingerprint density at radius 3 is 2.48 bits per heavy atom. The molecule has 1 aromatic carbocycles. The number of nitrogens with zero attached hydrogens (tertiary/aromatic N) is 1. The average molecular weight is 556 g/mol. The monoisotopic (exact) mass is 555 g/mol. The fourth-order valence-electron chi connectivity index (χ4n) is 5.86. The zero-order valence-corrected chi connectivity index (χ0v) is 25.5. The molecule has 1 aromatic rings. The minimum absolute atomic E-state index is 0.267. The van der Waals surface area contributed by atoms with Crippen LogP contribution in [0.5, 0.6) is 0 Å². The first-order chi connectivity index (χ1) is 20.6. The first-order valence-electron chi connectivity index (χ1n) is 15.2. The summed E-state index contributed by atoms with van der Waals surface area (Å²) in [5.74, 6) is 1.68. The lowest BCUT2D eigenvalue weighted by Crippen LogP contribution is -2.25. The lowest BCUT2D eigenvalue weighted by atomic mass is 9.78. The summed E-state index contributed by atoms with van der Waals surface area (Å²) in [6, 6.07) is 10.5. The lowest BCUT2D eigenvalue weighted by molar-refractivity contribution is 0.253. The Morgan fingerprint density at radius 1 is 0.976 bits per heavy atom. The summed E-state index contributed by atoms with van der Waals surface area (Å²) in [5, 5.41) is 0. The van der Waals surface area contributed by atoms with Crippen molar-refractivity contribution in [2.75, 3.05) is 13.2 Å². The SMILES string of the molecule is C=C/C(=C(\C=C/C)N(CCC1C=CC(C2CC=CC3=C2C(=C)/C=C\C=C/CO3)=CC1)C(/C=C\C)=C/C)c1ccccc1. The van der Waals surface area contributed by atoms with Gasteiger partial charge in [0.05, 0.1) is 0 Å². The van der Waals surface area contributed by atoms with Gasteiger partial charge in [-0.05, 0) is 87.0 Å². The maximum Gasteiger partial charge on any atom is 0.123 e. The molecule has 0 N–H and O–H groups in total. The third kappa shape index (κ3) is 7.50. The van der Waals surface area contributed by atoms with Crippen molar-refractivity contribution in [2.45, 2.75) is 40.0 Å². The topological polar surface area (TPSA) is 12.5 Å². The van der Waals surface area contributed by atoms with Crippen LogP contribution in [0.4, 0.5) is 0 Å². The number of hydrogen-bond donors (Lipinski definition) is 0. The molecular weight excluding hydrogens is 510 g/mol. The van der Waals surface area contributed by atoms with Crippen LogP contribution in [0.15, 0.2) is 169 Å².